The molecule has 0 radical (unpaired) electrons. The number of benzene rings is 1. The minimum atomic E-state index is -0.491. The fourth-order valence-electron chi connectivity index (χ4n) is 2.38. The Morgan fingerprint density at radius 1 is 1.25 bits per heavy atom. The summed E-state index contributed by atoms with van der Waals surface area (Å²) in [5.41, 5.74) is 1.90. The monoisotopic (exact) mass is 384 g/mol. The van der Waals surface area contributed by atoms with Crippen molar-refractivity contribution in [2.45, 2.75) is 45.3 Å². The van der Waals surface area contributed by atoms with Crippen molar-refractivity contribution in [3.8, 4) is 0 Å². The quantitative estimate of drug-likeness (QED) is 0.761. The third-order valence-corrected chi connectivity index (χ3v) is 4.29. The second kappa shape index (κ2) is 7.22. The Morgan fingerprint density at radius 3 is 2.65 bits per heavy atom. The Kier molecular flexibility index (Phi) is 5.60. The van der Waals surface area contributed by atoms with Crippen molar-refractivity contribution in [3.05, 3.63) is 51.4 Å². The van der Waals surface area contributed by atoms with Gasteiger partial charge in [-0.25, -0.2) is 0 Å². The molecule has 1 N–H and O–H groups in total. The van der Waals surface area contributed by atoms with Gasteiger partial charge >= 0.3 is 0 Å². The lowest BCUT2D eigenvalue weighted by molar-refractivity contribution is 0.176. The SMILES string of the molecule is CCC(CC)n1ccc(CC(O)c2cccc(I)c2)n1. The number of rotatable bonds is 6. The smallest absolute Gasteiger partial charge is 0.0846 e. The van der Waals surface area contributed by atoms with Gasteiger partial charge in [0.1, 0.15) is 0 Å². The fraction of sp³-hybridized carbons (Fsp3) is 0.438. The molecule has 4 heteroatoms. The van der Waals surface area contributed by atoms with E-state index in [0.29, 0.717) is 12.5 Å². The van der Waals surface area contributed by atoms with Crippen molar-refractivity contribution >= 4 is 22.6 Å². The first-order valence-corrected chi connectivity index (χ1v) is 8.19. The number of hydrogen-bond acceptors (Lipinski definition) is 2. The van der Waals surface area contributed by atoms with Crippen LogP contribution in [0.5, 0.6) is 0 Å². The summed E-state index contributed by atoms with van der Waals surface area (Å²) >= 11 is 2.26. The topological polar surface area (TPSA) is 38.0 Å². The molecule has 2 rings (SSSR count). The number of halogens is 1. The van der Waals surface area contributed by atoms with Crippen molar-refractivity contribution in [1.82, 2.24) is 9.78 Å². The van der Waals surface area contributed by atoms with Crippen LogP contribution < -0.4 is 0 Å². The van der Waals surface area contributed by atoms with Gasteiger partial charge in [0.15, 0.2) is 0 Å². The van der Waals surface area contributed by atoms with Crippen LogP contribution in [0.15, 0.2) is 36.5 Å². The molecule has 1 aromatic carbocycles. The van der Waals surface area contributed by atoms with Crippen molar-refractivity contribution in [1.29, 1.82) is 0 Å². The van der Waals surface area contributed by atoms with Gasteiger partial charge in [-0.05, 0) is 59.2 Å². The van der Waals surface area contributed by atoms with Gasteiger partial charge in [0.25, 0.3) is 0 Å². The van der Waals surface area contributed by atoms with Crippen LogP contribution in [0.3, 0.4) is 0 Å². The number of nitrogens with zero attached hydrogens (tertiary/aromatic N) is 2. The number of aliphatic hydroxyl groups is 1. The van der Waals surface area contributed by atoms with Crippen molar-refractivity contribution in [2.24, 2.45) is 0 Å². The van der Waals surface area contributed by atoms with E-state index in [4.69, 9.17) is 0 Å². The Morgan fingerprint density at radius 2 is 2.00 bits per heavy atom. The lowest BCUT2D eigenvalue weighted by atomic mass is 10.1. The maximum absolute atomic E-state index is 10.3. The maximum Gasteiger partial charge on any atom is 0.0846 e. The molecule has 0 aliphatic heterocycles. The van der Waals surface area contributed by atoms with Crippen molar-refractivity contribution in [2.75, 3.05) is 0 Å². The molecule has 108 valence electrons. The Labute approximate surface area is 134 Å². The summed E-state index contributed by atoms with van der Waals surface area (Å²) in [6, 6.07) is 10.4. The molecule has 3 nitrogen and oxygen atoms in total. The number of aliphatic hydroxyl groups excluding tert-OH is 1. The second-order valence-electron chi connectivity index (χ2n) is 5.03. The van der Waals surface area contributed by atoms with Crippen LogP contribution in [0.4, 0.5) is 0 Å². The highest BCUT2D eigenvalue weighted by molar-refractivity contribution is 14.1. The molecule has 0 bridgehead atoms. The predicted molar refractivity (Wildman–Crippen MR) is 89.7 cm³/mol. The zero-order valence-electron chi connectivity index (χ0n) is 12.0. The van der Waals surface area contributed by atoms with Gasteiger partial charge in [0.05, 0.1) is 17.8 Å². The Balaban J connectivity index is 2.06. The minimum absolute atomic E-state index is 0.457. The zero-order chi connectivity index (χ0) is 14.5. The van der Waals surface area contributed by atoms with Crippen molar-refractivity contribution in [3.63, 3.8) is 0 Å². The molecular weight excluding hydrogens is 363 g/mol. The van der Waals surface area contributed by atoms with Crippen LogP contribution in [0.1, 0.15) is 50.1 Å². The predicted octanol–water partition coefficient (Wildman–Crippen LogP) is 4.12. The molecule has 20 heavy (non-hydrogen) atoms. The third kappa shape index (κ3) is 3.82. The van der Waals surface area contributed by atoms with E-state index in [1.54, 1.807) is 0 Å². The van der Waals surface area contributed by atoms with Gasteiger partial charge in [-0.1, -0.05) is 26.0 Å². The van der Waals surface area contributed by atoms with Crippen LogP contribution in [0.25, 0.3) is 0 Å². The highest BCUT2D eigenvalue weighted by atomic mass is 127. The van der Waals surface area contributed by atoms with Gasteiger partial charge in [0.2, 0.25) is 0 Å². The summed E-state index contributed by atoms with van der Waals surface area (Å²) in [5, 5.41) is 14.9. The average molecular weight is 384 g/mol. The lowest BCUT2D eigenvalue weighted by Crippen LogP contribution is -2.09. The first-order chi connectivity index (χ1) is 9.63. The van der Waals surface area contributed by atoms with Gasteiger partial charge in [-0.2, -0.15) is 5.10 Å². The summed E-state index contributed by atoms with van der Waals surface area (Å²) in [4.78, 5) is 0. The standard InChI is InChI=1S/C16H21IN2O/c1-3-15(4-2)19-9-8-14(18-19)11-16(20)12-6-5-7-13(17)10-12/h5-10,15-16,20H,3-4,11H2,1-2H3. The van der Waals surface area contributed by atoms with E-state index in [9.17, 15) is 5.11 Å². The number of aromatic nitrogens is 2. The molecule has 1 heterocycles. The Bertz CT molecular complexity index is 549. The van der Waals surface area contributed by atoms with Gasteiger partial charge in [0, 0.05) is 16.2 Å². The molecule has 0 amide bonds. The summed E-state index contributed by atoms with van der Waals surface area (Å²) < 4.78 is 3.17. The molecule has 0 aliphatic carbocycles. The van der Waals surface area contributed by atoms with Crippen LogP contribution in [-0.4, -0.2) is 14.9 Å². The van der Waals surface area contributed by atoms with Gasteiger partial charge < -0.3 is 5.11 Å². The maximum atomic E-state index is 10.3. The largest absolute Gasteiger partial charge is 0.388 e. The van der Waals surface area contributed by atoms with Gasteiger partial charge in [-0.15, -0.1) is 0 Å². The van der Waals surface area contributed by atoms with E-state index in [-0.39, 0.29) is 0 Å². The molecule has 1 aromatic heterocycles. The first kappa shape index (κ1) is 15.5. The normalized spacial score (nSPS) is 12.8. The van der Waals surface area contributed by atoms with E-state index in [0.717, 1.165) is 27.7 Å². The molecule has 2 aromatic rings. The van der Waals surface area contributed by atoms with Crippen LogP contribution in [0, 0.1) is 3.57 Å². The van der Waals surface area contributed by atoms with E-state index >= 15 is 0 Å². The summed E-state index contributed by atoms with van der Waals surface area (Å²) in [7, 11) is 0. The first-order valence-electron chi connectivity index (χ1n) is 7.11. The van der Waals surface area contributed by atoms with Crippen LogP contribution in [-0.2, 0) is 6.42 Å². The van der Waals surface area contributed by atoms with Crippen molar-refractivity contribution < 1.29 is 5.11 Å². The highest BCUT2D eigenvalue weighted by Crippen LogP contribution is 2.21. The highest BCUT2D eigenvalue weighted by Gasteiger charge is 2.13. The van der Waals surface area contributed by atoms with Crippen LogP contribution >= 0.6 is 22.6 Å². The minimum Gasteiger partial charge on any atom is -0.388 e. The van der Waals surface area contributed by atoms with Crippen LogP contribution in [0.2, 0.25) is 0 Å². The molecule has 0 saturated carbocycles. The van der Waals surface area contributed by atoms with E-state index in [1.165, 1.54) is 0 Å². The molecule has 0 spiro atoms. The molecule has 0 aliphatic rings. The molecule has 0 saturated heterocycles. The summed E-state index contributed by atoms with van der Waals surface area (Å²) in [6.45, 7) is 4.35. The average Bonchev–Trinajstić information content (AvgIpc) is 2.88. The van der Waals surface area contributed by atoms with E-state index < -0.39 is 6.10 Å². The Hall–Kier alpha value is -0.880. The lowest BCUT2D eigenvalue weighted by Gasteiger charge is -2.13. The second-order valence-corrected chi connectivity index (χ2v) is 6.28. The molecule has 1 atom stereocenters. The van der Waals surface area contributed by atoms with E-state index in [2.05, 4.69) is 41.5 Å². The third-order valence-electron chi connectivity index (χ3n) is 3.62. The number of hydrogen-bond donors (Lipinski definition) is 1. The summed E-state index contributed by atoms with van der Waals surface area (Å²) in [5.74, 6) is 0. The summed E-state index contributed by atoms with van der Waals surface area (Å²) in [6.07, 6.45) is 4.25. The zero-order valence-corrected chi connectivity index (χ0v) is 14.1. The molecule has 1 unspecified atom stereocenters. The fourth-order valence-corrected chi connectivity index (χ4v) is 2.95. The van der Waals surface area contributed by atoms with Gasteiger partial charge in [-0.3, -0.25) is 4.68 Å². The molecule has 0 fully saturated rings. The van der Waals surface area contributed by atoms with E-state index in [1.807, 2.05) is 41.2 Å². The molecular formula is C16H21IN2O.